The van der Waals surface area contributed by atoms with Crippen LogP contribution in [0.4, 0.5) is 4.39 Å². The fourth-order valence-corrected chi connectivity index (χ4v) is 2.70. The van der Waals surface area contributed by atoms with Gasteiger partial charge in [0, 0.05) is 18.1 Å². The maximum absolute atomic E-state index is 14.1. The molecule has 0 radical (unpaired) electrons. The summed E-state index contributed by atoms with van der Waals surface area (Å²) in [6.07, 6.45) is 1.05. The zero-order valence-corrected chi connectivity index (χ0v) is 12.1. The van der Waals surface area contributed by atoms with Gasteiger partial charge >= 0.3 is 0 Å². The van der Waals surface area contributed by atoms with Gasteiger partial charge in [0.15, 0.2) is 0 Å². The molecule has 3 rings (SSSR count). The van der Waals surface area contributed by atoms with Crippen molar-refractivity contribution in [2.45, 2.75) is 25.5 Å². The van der Waals surface area contributed by atoms with E-state index in [9.17, 15) is 4.39 Å². The van der Waals surface area contributed by atoms with Gasteiger partial charge in [0.05, 0.1) is 13.2 Å². The summed E-state index contributed by atoms with van der Waals surface area (Å²) >= 11 is 0. The average molecular weight is 287 g/mol. The fraction of sp³-hybridized carbons (Fsp3) is 0.294. The molecular weight excluding hydrogens is 269 g/mol. The Hall–Kier alpha value is -2.07. The van der Waals surface area contributed by atoms with Crippen LogP contribution >= 0.6 is 0 Å². The maximum Gasteiger partial charge on any atom is 0.132 e. The lowest BCUT2D eigenvalue weighted by Gasteiger charge is -2.15. The lowest BCUT2D eigenvalue weighted by atomic mass is 9.96. The van der Waals surface area contributed by atoms with E-state index in [-0.39, 0.29) is 11.9 Å². The van der Waals surface area contributed by atoms with Gasteiger partial charge < -0.3 is 15.2 Å². The van der Waals surface area contributed by atoms with Crippen molar-refractivity contribution in [1.82, 2.24) is 0 Å². The molecule has 2 atom stereocenters. The largest absolute Gasteiger partial charge is 0.497 e. The molecule has 2 unspecified atom stereocenters. The molecule has 2 aromatic rings. The Kier molecular flexibility index (Phi) is 3.55. The topological polar surface area (TPSA) is 44.5 Å². The summed E-state index contributed by atoms with van der Waals surface area (Å²) in [5.74, 6) is 1.03. The van der Waals surface area contributed by atoms with Crippen LogP contribution in [0, 0.1) is 5.82 Å². The Labute approximate surface area is 123 Å². The normalized spacial score (nSPS) is 18.0. The molecule has 1 aliphatic heterocycles. The van der Waals surface area contributed by atoms with Crippen LogP contribution in [0.25, 0.3) is 0 Å². The number of hydrogen-bond acceptors (Lipinski definition) is 3. The zero-order chi connectivity index (χ0) is 15.0. The standard InChI is InChI=1S/C17H18FNO2/c1-10-7-12-8-11(3-6-16(12)21-10)17(19)14-5-4-13(20-2)9-15(14)18/h3-6,8-10,17H,7,19H2,1-2H3. The number of methoxy groups -OCH3 is 1. The Morgan fingerprint density at radius 3 is 2.81 bits per heavy atom. The predicted octanol–water partition coefficient (Wildman–Crippen LogP) is 3.21. The molecule has 0 aliphatic carbocycles. The SMILES string of the molecule is COc1ccc(C(N)c2ccc3c(c2)CC(C)O3)c(F)c1. The van der Waals surface area contributed by atoms with Gasteiger partial charge in [-0.1, -0.05) is 18.2 Å². The van der Waals surface area contributed by atoms with Gasteiger partial charge in [-0.15, -0.1) is 0 Å². The van der Waals surface area contributed by atoms with Crippen molar-refractivity contribution in [2.75, 3.05) is 7.11 Å². The van der Waals surface area contributed by atoms with Crippen LogP contribution in [0.2, 0.25) is 0 Å². The van der Waals surface area contributed by atoms with E-state index in [4.69, 9.17) is 15.2 Å². The van der Waals surface area contributed by atoms with Gasteiger partial charge in [0.1, 0.15) is 23.4 Å². The first-order valence-corrected chi connectivity index (χ1v) is 6.97. The van der Waals surface area contributed by atoms with E-state index in [1.165, 1.54) is 13.2 Å². The van der Waals surface area contributed by atoms with Gasteiger partial charge in [-0.2, -0.15) is 0 Å². The van der Waals surface area contributed by atoms with Crippen LogP contribution in [-0.4, -0.2) is 13.2 Å². The van der Waals surface area contributed by atoms with Gasteiger partial charge in [0.25, 0.3) is 0 Å². The molecule has 2 aromatic carbocycles. The third-order valence-corrected chi connectivity index (χ3v) is 3.82. The van der Waals surface area contributed by atoms with Crippen LogP contribution < -0.4 is 15.2 Å². The van der Waals surface area contributed by atoms with E-state index in [1.54, 1.807) is 12.1 Å². The molecule has 2 N–H and O–H groups in total. The first-order valence-electron chi connectivity index (χ1n) is 6.97. The summed E-state index contributed by atoms with van der Waals surface area (Å²) in [6, 6.07) is 10.1. The van der Waals surface area contributed by atoms with Crippen molar-refractivity contribution in [2.24, 2.45) is 5.73 Å². The second-order valence-corrected chi connectivity index (χ2v) is 5.36. The summed E-state index contributed by atoms with van der Waals surface area (Å²) in [7, 11) is 1.51. The molecule has 0 saturated heterocycles. The highest BCUT2D eigenvalue weighted by molar-refractivity contribution is 5.44. The second-order valence-electron chi connectivity index (χ2n) is 5.36. The third kappa shape index (κ3) is 2.59. The van der Waals surface area contributed by atoms with E-state index >= 15 is 0 Å². The highest BCUT2D eigenvalue weighted by Gasteiger charge is 2.21. The number of halogens is 1. The number of nitrogens with two attached hydrogens (primary N) is 1. The Morgan fingerprint density at radius 2 is 2.10 bits per heavy atom. The van der Waals surface area contributed by atoms with Crippen LogP contribution in [-0.2, 0) is 6.42 Å². The summed E-state index contributed by atoms with van der Waals surface area (Å²) < 4.78 is 24.8. The minimum atomic E-state index is -0.503. The van der Waals surface area contributed by atoms with Crippen LogP contribution in [0.5, 0.6) is 11.5 Å². The van der Waals surface area contributed by atoms with E-state index < -0.39 is 6.04 Å². The van der Waals surface area contributed by atoms with Crippen LogP contribution in [0.3, 0.4) is 0 Å². The van der Waals surface area contributed by atoms with Crippen molar-refractivity contribution in [3.05, 3.63) is 58.9 Å². The quantitative estimate of drug-likeness (QED) is 0.942. The van der Waals surface area contributed by atoms with Gasteiger partial charge in [-0.05, 0) is 30.2 Å². The van der Waals surface area contributed by atoms with E-state index in [0.717, 1.165) is 23.3 Å². The van der Waals surface area contributed by atoms with Crippen molar-refractivity contribution >= 4 is 0 Å². The van der Waals surface area contributed by atoms with Gasteiger partial charge in [-0.25, -0.2) is 4.39 Å². The number of rotatable bonds is 3. The van der Waals surface area contributed by atoms with Crippen LogP contribution in [0.1, 0.15) is 29.7 Å². The summed E-state index contributed by atoms with van der Waals surface area (Å²) in [5, 5.41) is 0. The van der Waals surface area contributed by atoms with Crippen molar-refractivity contribution in [1.29, 1.82) is 0 Å². The lowest BCUT2D eigenvalue weighted by molar-refractivity contribution is 0.254. The molecular formula is C17H18FNO2. The second kappa shape index (κ2) is 5.37. The third-order valence-electron chi connectivity index (χ3n) is 3.82. The fourth-order valence-electron chi connectivity index (χ4n) is 2.70. The minimum Gasteiger partial charge on any atom is -0.497 e. The molecule has 110 valence electrons. The van der Waals surface area contributed by atoms with Crippen molar-refractivity contribution < 1.29 is 13.9 Å². The molecule has 0 amide bonds. The summed E-state index contributed by atoms with van der Waals surface area (Å²) in [4.78, 5) is 0. The number of fused-ring (bicyclic) bond motifs is 1. The monoisotopic (exact) mass is 287 g/mol. The smallest absolute Gasteiger partial charge is 0.132 e. The maximum atomic E-state index is 14.1. The highest BCUT2D eigenvalue weighted by Crippen LogP contribution is 2.33. The van der Waals surface area contributed by atoms with Gasteiger partial charge in [0.2, 0.25) is 0 Å². The van der Waals surface area contributed by atoms with Crippen molar-refractivity contribution in [3.8, 4) is 11.5 Å². The van der Waals surface area contributed by atoms with E-state index in [0.29, 0.717) is 11.3 Å². The Morgan fingerprint density at radius 1 is 1.29 bits per heavy atom. The van der Waals surface area contributed by atoms with Crippen molar-refractivity contribution in [3.63, 3.8) is 0 Å². The molecule has 0 fully saturated rings. The molecule has 1 heterocycles. The molecule has 3 nitrogen and oxygen atoms in total. The van der Waals surface area contributed by atoms with Crippen LogP contribution in [0.15, 0.2) is 36.4 Å². The molecule has 0 spiro atoms. The predicted molar refractivity (Wildman–Crippen MR) is 79.2 cm³/mol. The summed E-state index contributed by atoms with van der Waals surface area (Å²) in [5.41, 5.74) is 8.69. The van der Waals surface area contributed by atoms with Gasteiger partial charge in [-0.3, -0.25) is 0 Å². The molecule has 0 bridgehead atoms. The summed E-state index contributed by atoms with van der Waals surface area (Å²) in [6.45, 7) is 2.03. The zero-order valence-electron chi connectivity index (χ0n) is 12.1. The van der Waals surface area contributed by atoms with E-state index in [2.05, 4.69) is 0 Å². The first-order chi connectivity index (χ1) is 10.1. The first kappa shape index (κ1) is 13.9. The Balaban J connectivity index is 1.92. The number of benzene rings is 2. The number of ether oxygens (including phenoxy) is 2. The lowest BCUT2D eigenvalue weighted by Crippen LogP contribution is -2.14. The molecule has 0 saturated carbocycles. The minimum absolute atomic E-state index is 0.184. The molecule has 1 aliphatic rings. The highest BCUT2D eigenvalue weighted by atomic mass is 19.1. The number of hydrogen-bond donors (Lipinski definition) is 1. The molecule has 4 heteroatoms. The average Bonchev–Trinajstić information content (AvgIpc) is 2.85. The van der Waals surface area contributed by atoms with E-state index in [1.807, 2.05) is 25.1 Å². The molecule has 21 heavy (non-hydrogen) atoms. The Bertz CT molecular complexity index is 672. The molecule has 0 aromatic heterocycles.